The summed E-state index contributed by atoms with van der Waals surface area (Å²) in [5, 5.41) is 6.51. The number of aromatic nitrogens is 1. The average molecular weight is 275 g/mol. The second-order valence-corrected chi connectivity index (χ2v) is 5.73. The van der Waals surface area contributed by atoms with Crippen molar-refractivity contribution in [1.82, 2.24) is 15.6 Å². The zero-order valence-corrected chi connectivity index (χ0v) is 12.5. The summed E-state index contributed by atoms with van der Waals surface area (Å²) in [5.74, 6) is 0.194. The molecule has 1 aromatic heterocycles. The van der Waals surface area contributed by atoms with Gasteiger partial charge in [-0.15, -0.1) is 0 Å². The SMILES string of the molecule is CCCC1(C(=O)N[C@H](C)c2ccccn2)CCNCC1. The number of pyridine rings is 1. The van der Waals surface area contributed by atoms with Crippen LogP contribution < -0.4 is 10.6 Å². The number of amides is 1. The van der Waals surface area contributed by atoms with E-state index in [1.807, 2.05) is 25.1 Å². The lowest BCUT2D eigenvalue weighted by Gasteiger charge is -2.37. The van der Waals surface area contributed by atoms with Gasteiger partial charge in [-0.05, 0) is 51.4 Å². The van der Waals surface area contributed by atoms with Gasteiger partial charge in [-0.1, -0.05) is 19.4 Å². The highest BCUT2D eigenvalue weighted by atomic mass is 16.2. The number of nitrogens with one attached hydrogen (secondary N) is 2. The van der Waals surface area contributed by atoms with E-state index in [-0.39, 0.29) is 17.4 Å². The maximum atomic E-state index is 12.7. The van der Waals surface area contributed by atoms with Crippen LogP contribution in [0.5, 0.6) is 0 Å². The summed E-state index contributed by atoms with van der Waals surface area (Å²) in [6, 6.07) is 5.77. The first-order valence-corrected chi connectivity index (χ1v) is 7.60. The zero-order valence-electron chi connectivity index (χ0n) is 12.5. The summed E-state index contributed by atoms with van der Waals surface area (Å²) in [4.78, 5) is 17.0. The average Bonchev–Trinajstić information content (AvgIpc) is 2.49. The Kier molecular flexibility index (Phi) is 5.12. The first-order valence-electron chi connectivity index (χ1n) is 7.60. The maximum Gasteiger partial charge on any atom is 0.226 e. The number of hydrogen-bond donors (Lipinski definition) is 2. The molecule has 4 heteroatoms. The van der Waals surface area contributed by atoms with E-state index in [2.05, 4.69) is 22.5 Å². The van der Waals surface area contributed by atoms with Crippen molar-refractivity contribution in [1.29, 1.82) is 0 Å². The molecule has 2 N–H and O–H groups in total. The van der Waals surface area contributed by atoms with Gasteiger partial charge < -0.3 is 10.6 Å². The van der Waals surface area contributed by atoms with Crippen molar-refractivity contribution in [3.05, 3.63) is 30.1 Å². The molecule has 1 aliphatic rings. The molecular formula is C16H25N3O. The van der Waals surface area contributed by atoms with Crippen LogP contribution in [0, 0.1) is 5.41 Å². The second-order valence-electron chi connectivity index (χ2n) is 5.73. The molecule has 20 heavy (non-hydrogen) atoms. The standard InChI is InChI=1S/C16H25N3O/c1-3-7-16(8-11-17-12-9-16)15(20)19-13(2)14-6-4-5-10-18-14/h4-6,10,13,17H,3,7-9,11-12H2,1-2H3,(H,19,20)/t13-/m1/s1. The van der Waals surface area contributed by atoms with Crippen molar-refractivity contribution in [3.63, 3.8) is 0 Å². The Hall–Kier alpha value is -1.42. The molecular weight excluding hydrogens is 250 g/mol. The van der Waals surface area contributed by atoms with Crippen LogP contribution in [0.4, 0.5) is 0 Å². The van der Waals surface area contributed by atoms with Gasteiger partial charge in [0, 0.05) is 6.20 Å². The molecule has 0 radical (unpaired) electrons. The Balaban J connectivity index is 2.05. The van der Waals surface area contributed by atoms with Gasteiger partial charge in [0.05, 0.1) is 17.2 Å². The summed E-state index contributed by atoms with van der Waals surface area (Å²) >= 11 is 0. The molecule has 0 unspecified atom stereocenters. The van der Waals surface area contributed by atoms with E-state index in [1.54, 1.807) is 6.20 Å². The highest BCUT2D eigenvalue weighted by molar-refractivity contribution is 5.83. The maximum absolute atomic E-state index is 12.7. The predicted octanol–water partition coefficient (Wildman–Crippen LogP) is 2.43. The highest BCUT2D eigenvalue weighted by Gasteiger charge is 2.39. The molecule has 2 heterocycles. The van der Waals surface area contributed by atoms with Gasteiger partial charge in [-0.2, -0.15) is 0 Å². The van der Waals surface area contributed by atoms with Gasteiger partial charge in [0.15, 0.2) is 0 Å². The van der Waals surface area contributed by atoms with E-state index >= 15 is 0 Å². The van der Waals surface area contributed by atoms with E-state index in [0.717, 1.165) is 44.5 Å². The van der Waals surface area contributed by atoms with Crippen molar-refractivity contribution < 1.29 is 4.79 Å². The number of rotatable bonds is 5. The zero-order chi connectivity index (χ0) is 14.4. The van der Waals surface area contributed by atoms with Crippen LogP contribution in [0.3, 0.4) is 0 Å². The number of carbonyl (C=O) groups excluding carboxylic acids is 1. The van der Waals surface area contributed by atoms with Gasteiger partial charge >= 0.3 is 0 Å². The van der Waals surface area contributed by atoms with E-state index in [9.17, 15) is 4.79 Å². The van der Waals surface area contributed by atoms with Gasteiger partial charge in [0.2, 0.25) is 5.91 Å². The first-order chi connectivity index (χ1) is 9.68. The van der Waals surface area contributed by atoms with Crippen LogP contribution in [0.2, 0.25) is 0 Å². The molecule has 1 aromatic rings. The van der Waals surface area contributed by atoms with Crippen LogP contribution in [0.25, 0.3) is 0 Å². The first kappa shape index (κ1) is 15.0. The Morgan fingerprint density at radius 1 is 1.45 bits per heavy atom. The lowest BCUT2D eigenvalue weighted by Crippen LogP contribution is -2.48. The fourth-order valence-corrected chi connectivity index (χ4v) is 3.03. The Morgan fingerprint density at radius 3 is 2.80 bits per heavy atom. The minimum absolute atomic E-state index is 0.0349. The molecule has 1 amide bonds. The van der Waals surface area contributed by atoms with Crippen LogP contribution in [0.15, 0.2) is 24.4 Å². The van der Waals surface area contributed by atoms with Gasteiger partial charge in [0.1, 0.15) is 0 Å². The monoisotopic (exact) mass is 275 g/mol. The lowest BCUT2D eigenvalue weighted by atomic mass is 9.74. The molecule has 0 aliphatic carbocycles. The van der Waals surface area contributed by atoms with E-state index < -0.39 is 0 Å². The summed E-state index contributed by atoms with van der Waals surface area (Å²) in [7, 11) is 0. The summed E-state index contributed by atoms with van der Waals surface area (Å²) in [6.45, 7) is 6.02. The number of carbonyl (C=O) groups is 1. The lowest BCUT2D eigenvalue weighted by molar-refractivity contribution is -0.133. The Labute approximate surface area is 121 Å². The van der Waals surface area contributed by atoms with E-state index in [4.69, 9.17) is 0 Å². The molecule has 0 bridgehead atoms. The third-order valence-corrected chi connectivity index (χ3v) is 4.25. The topological polar surface area (TPSA) is 54.0 Å². The largest absolute Gasteiger partial charge is 0.348 e. The molecule has 0 spiro atoms. The quantitative estimate of drug-likeness (QED) is 0.867. The molecule has 4 nitrogen and oxygen atoms in total. The van der Waals surface area contributed by atoms with Crippen molar-refractivity contribution in [2.45, 2.75) is 45.6 Å². The van der Waals surface area contributed by atoms with Crippen molar-refractivity contribution in [2.75, 3.05) is 13.1 Å². The van der Waals surface area contributed by atoms with Gasteiger partial charge in [-0.25, -0.2) is 0 Å². The number of nitrogens with zero attached hydrogens (tertiary/aromatic N) is 1. The highest BCUT2D eigenvalue weighted by Crippen LogP contribution is 2.34. The summed E-state index contributed by atoms with van der Waals surface area (Å²) < 4.78 is 0. The van der Waals surface area contributed by atoms with Crippen LogP contribution >= 0.6 is 0 Å². The fraction of sp³-hybridized carbons (Fsp3) is 0.625. The summed E-state index contributed by atoms with van der Waals surface area (Å²) in [6.07, 6.45) is 5.65. The number of piperidine rings is 1. The third-order valence-electron chi connectivity index (χ3n) is 4.25. The second kappa shape index (κ2) is 6.84. The van der Waals surface area contributed by atoms with Crippen molar-refractivity contribution >= 4 is 5.91 Å². The molecule has 110 valence electrons. The molecule has 0 saturated carbocycles. The predicted molar refractivity (Wildman–Crippen MR) is 80.2 cm³/mol. The minimum Gasteiger partial charge on any atom is -0.348 e. The molecule has 1 fully saturated rings. The van der Waals surface area contributed by atoms with E-state index in [0.29, 0.717) is 0 Å². The van der Waals surface area contributed by atoms with E-state index in [1.165, 1.54) is 0 Å². The Morgan fingerprint density at radius 2 is 2.20 bits per heavy atom. The molecule has 0 aromatic carbocycles. The normalized spacial score (nSPS) is 19.3. The molecule has 1 saturated heterocycles. The van der Waals surface area contributed by atoms with Gasteiger partial charge in [-0.3, -0.25) is 9.78 Å². The van der Waals surface area contributed by atoms with Gasteiger partial charge in [0.25, 0.3) is 0 Å². The van der Waals surface area contributed by atoms with Crippen LogP contribution in [0.1, 0.15) is 51.3 Å². The molecule has 2 rings (SSSR count). The Bertz CT molecular complexity index is 421. The van der Waals surface area contributed by atoms with Crippen LogP contribution in [-0.4, -0.2) is 24.0 Å². The van der Waals surface area contributed by atoms with Crippen molar-refractivity contribution in [2.24, 2.45) is 5.41 Å². The third kappa shape index (κ3) is 3.37. The molecule has 1 atom stereocenters. The minimum atomic E-state index is -0.191. The van der Waals surface area contributed by atoms with Crippen LogP contribution in [-0.2, 0) is 4.79 Å². The van der Waals surface area contributed by atoms with Crippen molar-refractivity contribution in [3.8, 4) is 0 Å². The fourth-order valence-electron chi connectivity index (χ4n) is 3.03. The molecule has 1 aliphatic heterocycles. The summed E-state index contributed by atoms with van der Waals surface area (Å²) in [5.41, 5.74) is 0.727. The number of hydrogen-bond acceptors (Lipinski definition) is 3. The smallest absolute Gasteiger partial charge is 0.226 e.